The van der Waals surface area contributed by atoms with Crippen LogP contribution in [0.1, 0.15) is 49.3 Å². The molecule has 1 saturated carbocycles. The molecule has 2 amide bonds. The van der Waals surface area contributed by atoms with Crippen LogP contribution in [0, 0.1) is 5.92 Å². The van der Waals surface area contributed by atoms with Crippen LogP contribution in [0.2, 0.25) is 0 Å². The highest BCUT2D eigenvalue weighted by Crippen LogP contribution is 2.25. The second-order valence-electron chi connectivity index (χ2n) is 7.24. The molecule has 1 unspecified atom stereocenters. The van der Waals surface area contributed by atoms with E-state index in [2.05, 4.69) is 10.6 Å². The number of hydrogen-bond acceptors (Lipinski definition) is 3. The second-order valence-corrected chi connectivity index (χ2v) is 7.24. The lowest BCUT2D eigenvalue weighted by molar-refractivity contribution is -0.129. The van der Waals surface area contributed by atoms with Crippen molar-refractivity contribution in [1.29, 1.82) is 0 Å². The van der Waals surface area contributed by atoms with Crippen LogP contribution in [0.3, 0.4) is 0 Å². The van der Waals surface area contributed by atoms with Gasteiger partial charge in [-0.3, -0.25) is 9.59 Å². The number of benzene rings is 2. The molecule has 1 atom stereocenters. The van der Waals surface area contributed by atoms with Crippen molar-refractivity contribution in [3.05, 3.63) is 65.7 Å². The van der Waals surface area contributed by atoms with Gasteiger partial charge in [0.05, 0.1) is 19.7 Å². The summed E-state index contributed by atoms with van der Waals surface area (Å²) in [6, 6.07) is 17.2. The molecule has 5 nitrogen and oxygen atoms in total. The van der Waals surface area contributed by atoms with E-state index < -0.39 is 0 Å². The summed E-state index contributed by atoms with van der Waals surface area (Å²) in [6.07, 6.45) is 5.23. The summed E-state index contributed by atoms with van der Waals surface area (Å²) in [5.41, 5.74) is 1.94. The molecule has 148 valence electrons. The Labute approximate surface area is 166 Å². The topological polar surface area (TPSA) is 67.4 Å². The van der Waals surface area contributed by atoms with Crippen molar-refractivity contribution >= 4 is 11.8 Å². The fourth-order valence-corrected chi connectivity index (χ4v) is 3.69. The van der Waals surface area contributed by atoms with Crippen molar-refractivity contribution in [2.24, 2.45) is 5.92 Å². The van der Waals surface area contributed by atoms with Gasteiger partial charge >= 0.3 is 0 Å². The van der Waals surface area contributed by atoms with Gasteiger partial charge in [0.25, 0.3) is 0 Å². The minimum Gasteiger partial charge on any atom is -0.497 e. The lowest BCUT2D eigenvalue weighted by atomic mass is 9.89. The molecule has 2 aromatic carbocycles. The van der Waals surface area contributed by atoms with Crippen LogP contribution in [-0.2, 0) is 9.59 Å². The Bertz CT molecular complexity index is 768. The molecule has 3 rings (SSSR count). The van der Waals surface area contributed by atoms with Gasteiger partial charge in [-0.25, -0.2) is 0 Å². The minimum absolute atomic E-state index is 0.00411. The first-order valence-corrected chi connectivity index (χ1v) is 9.93. The van der Waals surface area contributed by atoms with E-state index in [1.54, 1.807) is 7.11 Å². The molecule has 1 aliphatic rings. The average Bonchev–Trinajstić information content (AvgIpc) is 2.77. The van der Waals surface area contributed by atoms with E-state index in [9.17, 15) is 9.59 Å². The highest BCUT2D eigenvalue weighted by Gasteiger charge is 2.22. The summed E-state index contributed by atoms with van der Waals surface area (Å²) in [7, 11) is 1.63. The van der Waals surface area contributed by atoms with Crippen molar-refractivity contribution < 1.29 is 14.3 Å². The van der Waals surface area contributed by atoms with Crippen LogP contribution < -0.4 is 15.4 Å². The van der Waals surface area contributed by atoms with Gasteiger partial charge in [-0.2, -0.15) is 0 Å². The SMILES string of the molecule is COc1ccc(C(NC(=O)CNC(=O)C2CCCCC2)c2ccccc2)cc1. The van der Waals surface area contributed by atoms with Crippen LogP contribution in [0.25, 0.3) is 0 Å². The van der Waals surface area contributed by atoms with E-state index >= 15 is 0 Å². The van der Waals surface area contributed by atoms with Gasteiger partial charge in [-0.1, -0.05) is 61.7 Å². The van der Waals surface area contributed by atoms with Gasteiger partial charge in [-0.05, 0) is 36.1 Å². The monoisotopic (exact) mass is 380 g/mol. The fourth-order valence-electron chi connectivity index (χ4n) is 3.69. The summed E-state index contributed by atoms with van der Waals surface area (Å²) in [4.78, 5) is 24.9. The summed E-state index contributed by atoms with van der Waals surface area (Å²) >= 11 is 0. The molecule has 1 aliphatic carbocycles. The highest BCUT2D eigenvalue weighted by molar-refractivity contribution is 5.86. The van der Waals surface area contributed by atoms with Gasteiger partial charge < -0.3 is 15.4 Å². The Morgan fingerprint density at radius 1 is 0.964 bits per heavy atom. The van der Waals surface area contributed by atoms with E-state index in [-0.39, 0.29) is 30.3 Å². The normalized spacial score (nSPS) is 15.5. The Kier molecular flexibility index (Phi) is 7.06. The molecule has 0 heterocycles. The first kappa shape index (κ1) is 19.9. The first-order valence-electron chi connectivity index (χ1n) is 9.93. The van der Waals surface area contributed by atoms with Crippen molar-refractivity contribution in [3.63, 3.8) is 0 Å². The molecule has 2 N–H and O–H groups in total. The minimum atomic E-state index is -0.286. The third kappa shape index (κ3) is 5.35. The lowest BCUT2D eigenvalue weighted by Gasteiger charge is -2.22. The number of rotatable bonds is 7. The molecule has 1 fully saturated rings. The number of hydrogen-bond donors (Lipinski definition) is 2. The molecular formula is C23H28N2O3. The Hall–Kier alpha value is -2.82. The van der Waals surface area contributed by atoms with Crippen molar-refractivity contribution in [1.82, 2.24) is 10.6 Å². The number of ether oxygens (including phenoxy) is 1. The Balaban J connectivity index is 1.65. The van der Waals surface area contributed by atoms with Gasteiger partial charge in [0, 0.05) is 5.92 Å². The van der Waals surface area contributed by atoms with E-state index in [1.807, 2.05) is 54.6 Å². The maximum atomic E-state index is 12.6. The molecule has 0 bridgehead atoms. The van der Waals surface area contributed by atoms with Crippen molar-refractivity contribution in [3.8, 4) is 5.75 Å². The highest BCUT2D eigenvalue weighted by atomic mass is 16.5. The summed E-state index contributed by atoms with van der Waals surface area (Å²) in [6.45, 7) is -0.00514. The van der Waals surface area contributed by atoms with E-state index in [4.69, 9.17) is 4.74 Å². The summed E-state index contributed by atoms with van der Waals surface area (Å²) < 4.78 is 5.22. The van der Waals surface area contributed by atoms with E-state index in [0.717, 1.165) is 42.6 Å². The third-order valence-electron chi connectivity index (χ3n) is 5.29. The van der Waals surface area contributed by atoms with Crippen molar-refractivity contribution in [2.45, 2.75) is 38.1 Å². The standard InChI is InChI=1S/C23H28N2O3/c1-28-20-14-12-18(13-15-20)22(17-8-4-2-5-9-17)25-21(26)16-24-23(27)19-10-6-3-7-11-19/h2,4-5,8-9,12-15,19,22H,3,6-7,10-11,16H2,1H3,(H,24,27)(H,25,26). The largest absolute Gasteiger partial charge is 0.497 e. The fraction of sp³-hybridized carbons (Fsp3) is 0.391. The number of methoxy groups -OCH3 is 1. The molecule has 0 aromatic heterocycles. The molecule has 2 aromatic rings. The van der Waals surface area contributed by atoms with Crippen LogP contribution in [-0.4, -0.2) is 25.5 Å². The number of carbonyl (C=O) groups excluding carboxylic acids is 2. The number of carbonyl (C=O) groups is 2. The molecule has 0 saturated heterocycles. The van der Waals surface area contributed by atoms with Crippen LogP contribution in [0.4, 0.5) is 0 Å². The maximum absolute atomic E-state index is 12.6. The van der Waals surface area contributed by atoms with E-state index in [1.165, 1.54) is 6.42 Å². The molecular weight excluding hydrogens is 352 g/mol. The van der Waals surface area contributed by atoms with Crippen LogP contribution in [0.5, 0.6) is 5.75 Å². The summed E-state index contributed by atoms with van der Waals surface area (Å²) in [5, 5.41) is 5.86. The molecule has 5 heteroatoms. The first-order chi connectivity index (χ1) is 13.7. The quantitative estimate of drug-likeness (QED) is 0.771. The summed E-state index contributed by atoms with van der Waals surface area (Å²) in [5.74, 6) is 0.610. The third-order valence-corrected chi connectivity index (χ3v) is 5.29. The van der Waals surface area contributed by atoms with Gasteiger partial charge in [0.15, 0.2) is 0 Å². The Morgan fingerprint density at radius 2 is 1.61 bits per heavy atom. The predicted octanol–water partition coefficient (Wildman–Crippen LogP) is 3.60. The van der Waals surface area contributed by atoms with Crippen LogP contribution in [0.15, 0.2) is 54.6 Å². The van der Waals surface area contributed by atoms with Gasteiger partial charge in [0.1, 0.15) is 5.75 Å². The number of nitrogens with one attached hydrogen (secondary N) is 2. The predicted molar refractivity (Wildman–Crippen MR) is 109 cm³/mol. The lowest BCUT2D eigenvalue weighted by Crippen LogP contribution is -2.41. The maximum Gasteiger partial charge on any atom is 0.240 e. The molecule has 28 heavy (non-hydrogen) atoms. The van der Waals surface area contributed by atoms with Crippen LogP contribution >= 0.6 is 0 Å². The van der Waals surface area contributed by atoms with Gasteiger partial charge in [-0.15, -0.1) is 0 Å². The Morgan fingerprint density at radius 3 is 2.25 bits per heavy atom. The second kappa shape index (κ2) is 9.93. The zero-order chi connectivity index (χ0) is 19.8. The van der Waals surface area contributed by atoms with E-state index in [0.29, 0.717) is 0 Å². The van der Waals surface area contributed by atoms with Crippen molar-refractivity contribution in [2.75, 3.05) is 13.7 Å². The molecule has 0 radical (unpaired) electrons. The number of amides is 2. The molecule has 0 aliphatic heterocycles. The zero-order valence-corrected chi connectivity index (χ0v) is 16.3. The smallest absolute Gasteiger partial charge is 0.240 e. The zero-order valence-electron chi connectivity index (χ0n) is 16.3. The van der Waals surface area contributed by atoms with Gasteiger partial charge in [0.2, 0.25) is 11.8 Å². The average molecular weight is 380 g/mol. The molecule has 0 spiro atoms.